The van der Waals surface area contributed by atoms with E-state index in [1.807, 2.05) is 20.8 Å². The second-order valence-electron chi connectivity index (χ2n) is 20.4. The van der Waals surface area contributed by atoms with Crippen molar-refractivity contribution in [2.24, 2.45) is 5.92 Å². The molecule has 6 aromatic rings. The number of ether oxygens (including phenoxy) is 2. The lowest BCUT2D eigenvalue weighted by Gasteiger charge is -2.44. The van der Waals surface area contributed by atoms with Crippen LogP contribution in [-0.4, -0.2) is 16.1 Å². The van der Waals surface area contributed by atoms with Crippen molar-refractivity contribution in [3.63, 3.8) is 0 Å². The summed E-state index contributed by atoms with van der Waals surface area (Å²) in [4.78, 5) is 12.6. The van der Waals surface area contributed by atoms with Gasteiger partial charge in [-0.1, -0.05) is 188 Å². The molecule has 366 valence electrons. The number of nitrogens with zero attached hydrogens (tertiary/aromatic N) is 1. The Morgan fingerprint density at radius 2 is 0.912 bits per heavy atom. The molecule has 0 amide bonds. The minimum absolute atomic E-state index is 0.0483. The average Bonchev–Trinajstić information content (AvgIpc) is 3.33. The quantitative estimate of drug-likeness (QED) is 0.0817. The predicted molar refractivity (Wildman–Crippen MR) is 286 cm³/mol. The SMILES string of the molecule is CC.CC(ONC(C)(C)C)c1ccc(COc2ccc(C(C)(C)c3ccc(OCc4ccc(C(C)ON(C(c5ccccc5)C(C)C)C(C)(C)C)cc4)cc3)cc2)cc1.CCCc1ccccc1. The highest BCUT2D eigenvalue weighted by Gasteiger charge is 2.35. The third-order valence-electron chi connectivity index (χ3n) is 11.7. The van der Waals surface area contributed by atoms with Crippen LogP contribution in [0.25, 0.3) is 0 Å². The molecule has 0 spiro atoms. The van der Waals surface area contributed by atoms with Gasteiger partial charge in [0.1, 0.15) is 36.9 Å². The largest absolute Gasteiger partial charge is 0.489 e. The topological polar surface area (TPSA) is 52.2 Å². The second-order valence-corrected chi connectivity index (χ2v) is 20.4. The molecule has 0 aromatic heterocycles. The van der Waals surface area contributed by atoms with Gasteiger partial charge in [-0.2, -0.15) is 10.5 Å². The fraction of sp³-hybridized carbons (Fsp3) is 0.419. The van der Waals surface area contributed by atoms with E-state index in [9.17, 15) is 0 Å². The van der Waals surface area contributed by atoms with Gasteiger partial charge in [0.2, 0.25) is 0 Å². The van der Waals surface area contributed by atoms with E-state index in [1.165, 1.54) is 35.1 Å². The summed E-state index contributed by atoms with van der Waals surface area (Å²) in [6.07, 6.45) is 2.29. The average molecular weight is 921 g/mol. The van der Waals surface area contributed by atoms with Crippen molar-refractivity contribution >= 4 is 0 Å². The Morgan fingerprint density at radius 1 is 0.485 bits per heavy atom. The molecule has 0 saturated heterocycles. The third-order valence-corrected chi connectivity index (χ3v) is 11.7. The van der Waals surface area contributed by atoms with Gasteiger partial charge in [-0.15, -0.1) is 0 Å². The van der Waals surface area contributed by atoms with Crippen LogP contribution in [0.15, 0.2) is 158 Å². The van der Waals surface area contributed by atoms with Crippen LogP contribution in [0.4, 0.5) is 0 Å². The van der Waals surface area contributed by atoms with Gasteiger partial charge >= 0.3 is 0 Å². The molecule has 3 atom stereocenters. The summed E-state index contributed by atoms with van der Waals surface area (Å²) in [6.45, 7) is 33.3. The van der Waals surface area contributed by atoms with Crippen molar-refractivity contribution in [1.29, 1.82) is 0 Å². The minimum atomic E-state index is -0.194. The van der Waals surface area contributed by atoms with Crippen LogP contribution in [0.1, 0.15) is 173 Å². The third kappa shape index (κ3) is 17.4. The van der Waals surface area contributed by atoms with E-state index in [-0.39, 0.29) is 34.7 Å². The van der Waals surface area contributed by atoms with Crippen molar-refractivity contribution in [2.45, 2.75) is 165 Å². The summed E-state index contributed by atoms with van der Waals surface area (Å²) < 4.78 is 12.4. The minimum Gasteiger partial charge on any atom is -0.489 e. The lowest BCUT2D eigenvalue weighted by Crippen LogP contribution is -2.46. The van der Waals surface area contributed by atoms with Gasteiger partial charge in [-0.25, -0.2) is 0 Å². The van der Waals surface area contributed by atoms with Crippen LogP contribution in [-0.2, 0) is 34.7 Å². The van der Waals surface area contributed by atoms with Crippen LogP contribution < -0.4 is 15.0 Å². The molecular formula is C62H84N2O4. The normalized spacial score (nSPS) is 13.1. The zero-order chi connectivity index (χ0) is 49.9. The Kier molecular flexibility index (Phi) is 21.6. The highest BCUT2D eigenvalue weighted by Crippen LogP contribution is 2.38. The fourth-order valence-electron chi connectivity index (χ4n) is 7.79. The van der Waals surface area contributed by atoms with Gasteiger partial charge in [-0.05, 0) is 137 Å². The summed E-state index contributed by atoms with van der Waals surface area (Å²) in [6, 6.07) is 55.2. The van der Waals surface area contributed by atoms with E-state index >= 15 is 0 Å². The van der Waals surface area contributed by atoms with E-state index in [1.54, 1.807) is 0 Å². The number of benzene rings is 6. The number of hydrogen-bond donors (Lipinski definition) is 1. The van der Waals surface area contributed by atoms with Gasteiger partial charge < -0.3 is 9.47 Å². The summed E-state index contributed by atoms with van der Waals surface area (Å²) in [7, 11) is 0. The van der Waals surface area contributed by atoms with Gasteiger partial charge in [0, 0.05) is 16.5 Å². The highest BCUT2D eigenvalue weighted by atomic mass is 16.7. The van der Waals surface area contributed by atoms with Gasteiger partial charge in [-0.3, -0.25) is 9.68 Å². The maximum absolute atomic E-state index is 6.76. The fourth-order valence-corrected chi connectivity index (χ4v) is 7.79. The van der Waals surface area contributed by atoms with Crippen molar-refractivity contribution in [1.82, 2.24) is 10.5 Å². The Balaban J connectivity index is 0.000000811. The number of hydrogen-bond acceptors (Lipinski definition) is 6. The van der Waals surface area contributed by atoms with E-state index in [0.29, 0.717) is 19.1 Å². The predicted octanol–water partition coefficient (Wildman–Crippen LogP) is 16.7. The molecule has 0 heterocycles. The molecule has 68 heavy (non-hydrogen) atoms. The van der Waals surface area contributed by atoms with Gasteiger partial charge in [0.05, 0.1) is 6.04 Å². The molecule has 0 aliphatic heterocycles. The van der Waals surface area contributed by atoms with Crippen molar-refractivity contribution in [2.75, 3.05) is 0 Å². The molecule has 0 aliphatic carbocycles. The van der Waals surface area contributed by atoms with E-state index < -0.39 is 0 Å². The zero-order valence-corrected chi connectivity index (χ0v) is 44.2. The van der Waals surface area contributed by atoms with Crippen LogP contribution in [0.2, 0.25) is 0 Å². The Labute approximate surface area is 412 Å². The molecule has 0 saturated carbocycles. The number of rotatable bonds is 19. The Hall–Kier alpha value is -5.24. The number of hydroxylamine groups is 3. The molecule has 0 fully saturated rings. The summed E-state index contributed by atoms with van der Waals surface area (Å²) >= 11 is 0. The molecule has 6 rings (SSSR count). The highest BCUT2D eigenvalue weighted by molar-refractivity contribution is 5.42. The summed E-state index contributed by atoms with van der Waals surface area (Å²) in [5.41, 5.74) is 12.2. The number of nitrogens with one attached hydrogen (secondary N) is 1. The van der Waals surface area contributed by atoms with Gasteiger partial charge in [0.25, 0.3) is 0 Å². The van der Waals surface area contributed by atoms with Crippen molar-refractivity contribution in [3.8, 4) is 11.5 Å². The van der Waals surface area contributed by atoms with E-state index in [2.05, 4.69) is 251 Å². The zero-order valence-electron chi connectivity index (χ0n) is 44.2. The molecular weight excluding hydrogens is 837 g/mol. The van der Waals surface area contributed by atoms with Crippen molar-refractivity contribution in [3.05, 3.63) is 202 Å². The lowest BCUT2D eigenvalue weighted by molar-refractivity contribution is -0.272. The molecule has 6 aromatic carbocycles. The van der Waals surface area contributed by atoms with E-state index in [4.69, 9.17) is 19.1 Å². The Bertz CT molecular complexity index is 2280. The Morgan fingerprint density at radius 3 is 1.31 bits per heavy atom. The maximum Gasteiger partial charge on any atom is 0.119 e. The van der Waals surface area contributed by atoms with Crippen LogP contribution in [0, 0.1) is 5.92 Å². The summed E-state index contributed by atoms with van der Waals surface area (Å²) in [5, 5.41) is 2.19. The van der Waals surface area contributed by atoms with E-state index in [0.717, 1.165) is 33.8 Å². The molecule has 0 bridgehead atoms. The smallest absolute Gasteiger partial charge is 0.119 e. The first-order valence-electron chi connectivity index (χ1n) is 25.0. The molecule has 3 unspecified atom stereocenters. The molecule has 0 radical (unpaired) electrons. The maximum atomic E-state index is 6.76. The van der Waals surface area contributed by atoms with Gasteiger partial charge in [0.15, 0.2) is 0 Å². The first kappa shape index (κ1) is 55.4. The molecule has 6 heteroatoms. The lowest BCUT2D eigenvalue weighted by atomic mass is 9.78. The van der Waals surface area contributed by atoms with Crippen LogP contribution in [0.5, 0.6) is 11.5 Å². The first-order valence-corrected chi connectivity index (χ1v) is 25.0. The van der Waals surface area contributed by atoms with Crippen LogP contribution >= 0.6 is 0 Å². The molecule has 6 nitrogen and oxygen atoms in total. The monoisotopic (exact) mass is 921 g/mol. The molecule has 0 aliphatic rings. The summed E-state index contributed by atoms with van der Waals surface area (Å²) in [5.74, 6) is 2.06. The van der Waals surface area contributed by atoms with Crippen molar-refractivity contribution < 1.29 is 19.1 Å². The standard InChI is InChI=1S/C51H66N2O4.C9H12.C2H6/c1-36(2)48(43-16-14-13-15-17-43)53(50(8,9)10)57-38(4)42-24-20-40(21-25-42)35-55-47-32-28-45(29-33-47)51(11,12)44-26-30-46(31-27-44)54-34-39-18-22-41(23-19-39)37(3)56-52-49(5,6)7;1-2-6-9-7-4-3-5-8-9;1-2/h13-33,36-38,48,52H,34-35H2,1-12H3;3-5,7-8H,2,6H2,1H3;1-2H3. The first-order chi connectivity index (χ1) is 32.3. The number of aryl methyl sites for hydroxylation is 1. The molecule has 1 N–H and O–H groups in total. The second kappa shape index (κ2) is 26.5. The van der Waals surface area contributed by atoms with Crippen LogP contribution in [0.3, 0.4) is 0 Å².